The molecule has 6 rings (SSSR count). The van der Waals surface area contributed by atoms with E-state index < -0.39 is 0 Å². The molecular weight excluding hydrogens is 568 g/mol. The second kappa shape index (κ2) is 13.8. The Morgan fingerprint density at radius 1 is 0.956 bits per heavy atom. The van der Waals surface area contributed by atoms with E-state index in [1.54, 1.807) is 12.1 Å². The summed E-state index contributed by atoms with van der Waals surface area (Å²) in [5.41, 5.74) is 3.97. The highest BCUT2D eigenvalue weighted by Crippen LogP contribution is 2.61. The Hall–Kier alpha value is -4.26. The molecule has 3 aromatic rings. The molecule has 0 saturated heterocycles. The normalized spacial score (nSPS) is 24.8. The highest BCUT2D eigenvalue weighted by molar-refractivity contribution is 6.10. The summed E-state index contributed by atoms with van der Waals surface area (Å²) in [7, 11) is 2.91. The molecule has 0 spiro atoms. The van der Waals surface area contributed by atoms with Gasteiger partial charge in [-0.05, 0) is 91.2 Å². The van der Waals surface area contributed by atoms with Crippen LogP contribution in [-0.4, -0.2) is 42.3 Å². The van der Waals surface area contributed by atoms with Crippen LogP contribution in [0.15, 0.2) is 66.7 Å². The van der Waals surface area contributed by atoms with Crippen LogP contribution in [0.2, 0.25) is 0 Å². The average Bonchev–Trinajstić information content (AvgIpc) is 3.39. The van der Waals surface area contributed by atoms with Crippen molar-refractivity contribution < 1.29 is 34.0 Å². The summed E-state index contributed by atoms with van der Waals surface area (Å²) in [6.07, 6.45) is 10.5. The molecule has 0 radical (unpaired) electrons. The number of aryl methyl sites for hydroxylation is 1. The van der Waals surface area contributed by atoms with E-state index in [1.807, 2.05) is 49.4 Å². The predicted octanol–water partition coefficient (Wildman–Crippen LogP) is 7.88. The maximum atomic E-state index is 12.3. The van der Waals surface area contributed by atoms with Crippen molar-refractivity contribution >= 4 is 17.8 Å². The topological polar surface area (TPSA) is 102 Å². The van der Waals surface area contributed by atoms with Gasteiger partial charge >= 0.3 is 5.97 Å². The van der Waals surface area contributed by atoms with Gasteiger partial charge in [-0.2, -0.15) is 0 Å². The second-order valence-electron chi connectivity index (χ2n) is 12.6. The number of ether oxygens (including phenoxy) is 3. The van der Waals surface area contributed by atoms with Crippen molar-refractivity contribution in [2.75, 3.05) is 14.2 Å². The fourth-order valence-electron chi connectivity index (χ4n) is 7.88. The van der Waals surface area contributed by atoms with Gasteiger partial charge in [0.25, 0.3) is 0 Å². The van der Waals surface area contributed by atoms with E-state index >= 15 is 0 Å². The molecule has 0 amide bonds. The zero-order valence-corrected chi connectivity index (χ0v) is 26.6. The monoisotopic (exact) mass is 612 g/mol. The Morgan fingerprint density at radius 2 is 1.73 bits per heavy atom. The van der Waals surface area contributed by atoms with Gasteiger partial charge < -0.3 is 24.4 Å². The van der Waals surface area contributed by atoms with Gasteiger partial charge in [0.15, 0.2) is 5.78 Å². The number of hydrogen-bond acceptors (Lipinski definition) is 7. The van der Waals surface area contributed by atoms with E-state index in [1.165, 1.54) is 56.8 Å². The fraction of sp³-hybridized carbons (Fsp3) is 0.421. The number of aromatic hydroxyl groups is 2. The summed E-state index contributed by atoms with van der Waals surface area (Å²) >= 11 is 0. The van der Waals surface area contributed by atoms with Crippen molar-refractivity contribution in [3.8, 4) is 23.0 Å². The fourth-order valence-corrected chi connectivity index (χ4v) is 7.88. The summed E-state index contributed by atoms with van der Waals surface area (Å²) in [6, 6.07) is 18.3. The summed E-state index contributed by atoms with van der Waals surface area (Å²) in [4.78, 5) is 24.1. The molecule has 0 aromatic heterocycles. The first kappa shape index (κ1) is 32.1. The highest BCUT2D eigenvalue weighted by Gasteiger charge is 2.56. The van der Waals surface area contributed by atoms with Crippen LogP contribution in [0.3, 0.4) is 0 Å². The number of carbonyl (C=O) groups is 2. The Morgan fingerprint density at radius 3 is 2.44 bits per heavy atom. The molecule has 7 heteroatoms. The molecular formula is C38H44O7. The van der Waals surface area contributed by atoms with Gasteiger partial charge in [-0.3, -0.25) is 9.59 Å². The minimum atomic E-state index is -0.337. The van der Waals surface area contributed by atoms with Crippen LogP contribution >= 0.6 is 0 Å². The zero-order chi connectivity index (χ0) is 32.1. The van der Waals surface area contributed by atoms with Crippen molar-refractivity contribution in [1.82, 2.24) is 0 Å². The number of phenols is 2. The van der Waals surface area contributed by atoms with E-state index in [0.717, 1.165) is 24.8 Å². The quantitative estimate of drug-likeness (QED) is 0.159. The highest BCUT2D eigenvalue weighted by atomic mass is 16.5. The number of fused-ring (bicyclic) bond motifs is 5. The number of hydrogen-bond donors (Lipinski definition) is 2. The molecule has 5 unspecified atom stereocenters. The standard InChI is InChI=1S/C21H28O3.C17H16O4/c1-3-20(23)24-19-9-8-18-17-6-4-13-12-14(22)5-7-15(13)16(17)10-11-21(18,19)2;1-20-13-10-15(19)17(16(11-13)21-2)14(18)9-8-12-6-4-3-5-7-12/h5,7,12,16-19,22H,3-4,6,8-11H2,1-2H3;3-11,19H,1-2H3. The van der Waals surface area contributed by atoms with E-state index in [4.69, 9.17) is 14.2 Å². The summed E-state index contributed by atoms with van der Waals surface area (Å²) < 4.78 is 16.0. The van der Waals surface area contributed by atoms with Crippen LogP contribution in [0.1, 0.15) is 85.3 Å². The minimum Gasteiger partial charge on any atom is -0.508 e. The Balaban J connectivity index is 0.000000180. The van der Waals surface area contributed by atoms with Crippen LogP contribution in [-0.2, 0) is 16.0 Å². The van der Waals surface area contributed by atoms with Crippen LogP contribution in [0.5, 0.6) is 23.0 Å². The molecule has 2 N–H and O–H groups in total. The van der Waals surface area contributed by atoms with E-state index in [-0.39, 0.29) is 40.3 Å². The second-order valence-corrected chi connectivity index (χ2v) is 12.6. The molecule has 3 aromatic carbocycles. The average molecular weight is 613 g/mol. The maximum Gasteiger partial charge on any atom is 0.305 e. The molecule has 238 valence electrons. The summed E-state index contributed by atoms with van der Waals surface area (Å²) in [6.45, 7) is 4.24. The lowest BCUT2D eigenvalue weighted by atomic mass is 9.55. The van der Waals surface area contributed by atoms with Gasteiger partial charge in [0.05, 0.1) is 14.2 Å². The molecule has 7 nitrogen and oxygen atoms in total. The molecule has 0 bridgehead atoms. The summed E-state index contributed by atoms with van der Waals surface area (Å²) in [5, 5.41) is 19.8. The Kier molecular flexibility index (Phi) is 9.86. The van der Waals surface area contributed by atoms with Crippen molar-refractivity contribution in [3.63, 3.8) is 0 Å². The van der Waals surface area contributed by atoms with E-state index in [2.05, 4.69) is 13.0 Å². The number of methoxy groups -OCH3 is 2. The zero-order valence-electron chi connectivity index (χ0n) is 26.6. The lowest BCUT2D eigenvalue weighted by Crippen LogP contribution is -2.45. The van der Waals surface area contributed by atoms with Crippen molar-refractivity contribution in [2.24, 2.45) is 17.3 Å². The maximum absolute atomic E-state index is 12.3. The van der Waals surface area contributed by atoms with E-state index in [9.17, 15) is 19.8 Å². The molecule has 45 heavy (non-hydrogen) atoms. The number of allylic oxidation sites excluding steroid dienone is 1. The summed E-state index contributed by atoms with van der Waals surface area (Å²) in [5.74, 6) is 2.51. The number of carbonyl (C=O) groups excluding carboxylic acids is 2. The molecule has 2 fully saturated rings. The van der Waals surface area contributed by atoms with Crippen molar-refractivity contribution in [2.45, 2.75) is 70.8 Å². The molecule has 0 heterocycles. The Bertz CT molecular complexity index is 1550. The predicted molar refractivity (Wildman–Crippen MR) is 174 cm³/mol. The molecule has 3 aliphatic carbocycles. The Labute approximate surface area is 265 Å². The third kappa shape index (κ3) is 6.73. The molecule has 5 atom stereocenters. The van der Waals surface area contributed by atoms with Gasteiger partial charge in [0.1, 0.15) is 34.7 Å². The van der Waals surface area contributed by atoms with Crippen LogP contribution in [0.4, 0.5) is 0 Å². The largest absolute Gasteiger partial charge is 0.508 e. The van der Waals surface area contributed by atoms with Gasteiger partial charge in [-0.15, -0.1) is 0 Å². The smallest absolute Gasteiger partial charge is 0.305 e. The number of phenolic OH excluding ortho intramolecular Hbond substituents is 2. The minimum absolute atomic E-state index is 0.0477. The van der Waals surface area contributed by atoms with Crippen molar-refractivity contribution in [1.29, 1.82) is 0 Å². The molecule has 3 aliphatic rings. The van der Waals surface area contributed by atoms with Crippen LogP contribution in [0, 0.1) is 17.3 Å². The SMILES string of the molecule is CCC(=O)OC1CCC2C3CCc4cc(O)ccc4C3CCC12C.COc1cc(O)c(C(=O)C=Cc2ccccc2)c(OC)c1. The number of benzene rings is 3. The number of rotatable bonds is 7. The first-order valence-electron chi connectivity index (χ1n) is 15.9. The number of ketones is 1. The number of esters is 1. The van der Waals surface area contributed by atoms with Gasteiger partial charge in [-0.25, -0.2) is 0 Å². The van der Waals surface area contributed by atoms with Crippen LogP contribution in [0.25, 0.3) is 6.08 Å². The van der Waals surface area contributed by atoms with Crippen LogP contribution < -0.4 is 9.47 Å². The first-order valence-corrected chi connectivity index (χ1v) is 15.9. The van der Waals surface area contributed by atoms with Gasteiger partial charge in [0.2, 0.25) is 0 Å². The lowest BCUT2D eigenvalue weighted by molar-refractivity contribution is -0.157. The molecule has 0 aliphatic heterocycles. The van der Waals surface area contributed by atoms with Crippen molar-refractivity contribution in [3.05, 3.63) is 89.0 Å². The lowest BCUT2D eigenvalue weighted by Gasteiger charge is -2.50. The van der Waals surface area contributed by atoms with Gasteiger partial charge in [0, 0.05) is 24.0 Å². The van der Waals surface area contributed by atoms with Gasteiger partial charge in [-0.1, -0.05) is 56.3 Å². The third-order valence-electron chi connectivity index (χ3n) is 10.2. The van der Waals surface area contributed by atoms with E-state index in [0.29, 0.717) is 35.7 Å². The first-order chi connectivity index (χ1) is 21.7. The third-order valence-corrected chi connectivity index (χ3v) is 10.2. The molecule has 2 saturated carbocycles.